The lowest BCUT2D eigenvalue weighted by molar-refractivity contribution is -0.137. The van der Waals surface area contributed by atoms with Gasteiger partial charge in [-0.3, -0.25) is 9.59 Å². The molecule has 2 N–H and O–H groups in total. The molecule has 3 fully saturated rings. The van der Waals surface area contributed by atoms with Crippen LogP contribution >= 0.6 is 12.4 Å². The smallest absolute Gasteiger partial charge is 0.227 e. The Bertz CT molecular complexity index is 363. The Hall–Kier alpha value is -0.810. The number of halogens is 1. The van der Waals surface area contributed by atoms with Gasteiger partial charge in [0.1, 0.15) is 0 Å². The van der Waals surface area contributed by atoms with Crippen molar-refractivity contribution in [3.8, 4) is 0 Å². The molecule has 0 aromatic carbocycles. The Morgan fingerprint density at radius 3 is 2.50 bits per heavy atom. The number of piperidine rings is 1. The van der Waals surface area contributed by atoms with E-state index in [0.717, 1.165) is 38.4 Å². The second-order valence-electron chi connectivity index (χ2n) is 6.07. The van der Waals surface area contributed by atoms with Crippen LogP contribution in [0.15, 0.2) is 0 Å². The number of likely N-dealkylation sites (tertiary alicyclic amines) is 1. The number of carbonyl (C=O) groups excluding carboxylic acids is 2. The van der Waals surface area contributed by atoms with Gasteiger partial charge in [0.25, 0.3) is 0 Å². The molecule has 0 aliphatic carbocycles. The third kappa shape index (κ3) is 3.26. The summed E-state index contributed by atoms with van der Waals surface area (Å²) in [5.74, 6) is 0.808. The summed E-state index contributed by atoms with van der Waals surface area (Å²) in [6.07, 6.45) is 5.18. The molecule has 0 spiro atoms. The number of hydrogen-bond donors (Lipinski definition) is 2. The van der Waals surface area contributed by atoms with Crippen molar-refractivity contribution in [3.63, 3.8) is 0 Å². The predicted octanol–water partition coefficient (Wildman–Crippen LogP) is 0.535. The summed E-state index contributed by atoms with van der Waals surface area (Å²) in [7, 11) is 0. The van der Waals surface area contributed by atoms with Gasteiger partial charge < -0.3 is 15.5 Å². The SMILES string of the molecule is Cl.O=C1CC(C(=O)N2CCC(C3CCCN3)CC2)CN1. The minimum atomic E-state index is -0.117. The summed E-state index contributed by atoms with van der Waals surface area (Å²) >= 11 is 0. The van der Waals surface area contributed by atoms with E-state index in [4.69, 9.17) is 0 Å². The third-order valence-electron chi connectivity index (χ3n) is 4.85. The molecule has 0 radical (unpaired) electrons. The van der Waals surface area contributed by atoms with Gasteiger partial charge in [0.15, 0.2) is 0 Å². The molecular formula is C14H24ClN3O2. The molecule has 0 aromatic heterocycles. The fraction of sp³-hybridized carbons (Fsp3) is 0.857. The first-order chi connectivity index (χ1) is 9.24. The highest BCUT2D eigenvalue weighted by Gasteiger charge is 2.34. The van der Waals surface area contributed by atoms with Crippen molar-refractivity contribution in [2.75, 3.05) is 26.2 Å². The van der Waals surface area contributed by atoms with Crippen LogP contribution in [0.5, 0.6) is 0 Å². The Labute approximate surface area is 126 Å². The van der Waals surface area contributed by atoms with Crippen molar-refractivity contribution >= 4 is 24.2 Å². The van der Waals surface area contributed by atoms with E-state index in [0.29, 0.717) is 19.0 Å². The van der Waals surface area contributed by atoms with Crippen molar-refractivity contribution in [3.05, 3.63) is 0 Å². The summed E-state index contributed by atoms with van der Waals surface area (Å²) in [5.41, 5.74) is 0. The molecule has 3 heterocycles. The molecule has 0 bridgehead atoms. The molecule has 2 amide bonds. The molecule has 3 rings (SSSR count). The number of amides is 2. The highest BCUT2D eigenvalue weighted by molar-refractivity contribution is 5.89. The lowest BCUT2D eigenvalue weighted by Crippen LogP contribution is -2.45. The molecule has 6 heteroatoms. The first-order valence-corrected chi connectivity index (χ1v) is 7.53. The number of nitrogens with one attached hydrogen (secondary N) is 2. The molecule has 0 aromatic rings. The maximum Gasteiger partial charge on any atom is 0.227 e. The van der Waals surface area contributed by atoms with E-state index in [-0.39, 0.29) is 30.1 Å². The molecule has 2 atom stereocenters. The zero-order valence-corrected chi connectivity index (χ0v) is 12.6. The fourth-order valence-corrected chi connectivity index (χ4v) is 3.67. The van der Waals surface area contributed by atoms with Crippen molar-refractivity contribution in [1.82, 2.24) is 15.5 Å². The van der Waals surface area contributed by atoms with Crippen LogP contribution in [0.1, 0.15) is 32.1 Å². The van der Waals surface area contributed by atoms with E-state index < -0.39 is 0 Å². The lowest BCUT2D eigenvalue weighted by atomic mass is 9.88. The molecule has 3 aliphatic rings. The van der Waals surface area contributed by atoms with Gasteiger partial charge in [-0.05, 0) is 38.1 Å². The van der Waals surface area contributed by atoms with Gasteiger partial charge in [0.05, 0.1) is 5.92 Å². The Morgan fingerprint density at radius 2 is 1.95 bits per heavy atom. The van der Waals surface area contributed by atoms with Crippen LogP contribution < -0.4 is 10.6 Å². The highest BCUT2D eigenvalue weighted by atomic mass is 35.5. The van der Waals surface area contributed by atoms with Crippen LogP contribution in [-0.2, 0) is 9.59 Å². The second kappa shape index (κ2) is 6.76. The average Bonchev–Trinajstić information content (AvgIpc) is 3.09. The molecule has 114 valence electrons. The average molecular weight is 302 g/mol. The van der Waals surface area contributed by atoms with Gasteiger partial charge in [0.2, 0.25) is 11.8 Å². The van der Waals surface area contributed by atoms with Gasteiger partial charge in [-0.1, -0.05) is 0 Å². The van der Waals surface area contributed by atoms with E-state index in [1.54, 1.807) is 0 Å². The van der Waals surface area contributed by atoms with Gasteiger partial charge in [-0.2, -0.15) is 0 Å². The Kier molecular flexibility index (Phi) is 5.27. The number of nitrogens with zero attached hydrogens (tertiary/aromatic N) is 1. The monoisotopic (exact) mass is 301 g/mol. The largest absolute Gasteiger partial charge is 0.355 e. The van der Waals surface area contributed by atoms with E-state index in [1.165, 1.54) is 12.8 Å². The van der Waals surface area contributed by atoms with E-state index in [1.807, 2.05) is 4.90 Å². The summed E-state index contributed by atoms with van der Waals surface area (Å²) in [6.45, 7) is 3.42. The molecule has 3 aliphatic heterocycles. The molecule has 20 heavy (non-hydrogen) atoms. The van der Waals surface area contributed by atoms with Crippen molar-refractivity contribution in [2.24, 2.45) is 11.8 Å². The molecular weight excluding hydrogens is 278 g/mol. The van der Waals surface area contributed by atoms with Crippen LogP contribution in [0.2, 0.25) is 0 Å². The minimum Gasteiger partial charge on any atom is -0.355 e. The molecule has 3 saturated heterocycles. The molecule has 2 unspecified atom stereocenters. The third-order valence-corrected chi connectivity index (χ3v) is 4.85. The van der Waals surface area contributed by atoms with Crippen molar-refractivity contribution in [1.29, 1.82) is 0 Å². The number of rotatable bonds is 2. The minimum absolute atomic E-state index is 0. The van der Waals surface area contributed by atoms with Gasteiger partial charge in [0, 0.05) is 32.1 Å². The van der Waals surface area contributed by atoms with E-state index >= 15 is 0 Å². The summed E-state index contributed by atoms with van der Waals surface area (Å²) in [6, 6.07) is 0.673. The Balaban J connectivity index is 0.00000147. The first kappa shape index (κ1) is 15.6. The number of hydrogen-bond acceptors (Lipinski definition) is 3. The van der Waals surface area contributed by atoms with Crippen LogP contribution in [-0.4, -0.2) is 48.9 Å². The summed E-state index contributed by atoms with van der Waals surface area (Å²) < 4.78 is 0. The molecule has 0 saturated carbocycles. The Morgan fingerprint density at radius 1 is 1.20 bits per heavy atom. The van der Waals surface area contributed by atoms with Gasteiger partial charge in [-0.25, -0.2) is 0 Å². The first-order valence-electron chi connectivity index (χ1n) is 7.53. The van der Waals surface area contributed by atoms with Crippen molar-refractivity contribution < 1.29 is 9.59 Å². The normalized spacial score (nSPS) is 31.0. The topological polar surface area (TPSA) is 61.4 Å². The fourth-order valence-electron chi connectivity index (χ4n) is 3.67. The van der Waals surface area contributed by atoms with Crippen LogP contribution in [0.4, 0.5) is 0 Å². The predicted molar refractivity (Wildman–Crippen MR) is 78.7 cm³/mol. The van der Waals surface area contributed by atoms with E-state index in [2.05, 4.69) is 10.6 Å². The standard InChI is InChI=1S/C14H23N3O2.ClH/c18-13-8-11(9-16-13)14(19)17-6-3-10(4-7-17)12-2-1-5-15-12;/h10-12,15H,1-9H2,(H,16,18);1H. The van der Waals surface area contributed by atoms with Crippen LogP contribution in [0, 0.1) is 11.8 Å². The van der Waals surface area contributed by atoms with Gasteiger partial charge >= 0.3 is 0 Å². The van der Waals surface area contributed by atoms with Gasteiger partial charge in [-0.15, -0.1) is 12.4 Å². The second-order valence-corrected chi connectivity index (χ2v) is 6.07. The highest BCUT2D eigenvalue weighted by Crippen LogP contribution is 2.26. The summed E-state index contributed by atoms with van der Waals surface area (Å²) in [4.78, 5) is 25.4. The maximum atomic E-state index is 12.3. The zero-order valence-electron chi connectivity index (χ0n) is 11.8. The zero-order chi connectivity index (χ0) is 13.2. The summed E-state index contributed by atoms with van der Waals surface area (Å²) in [5, 5.41) is 6.32. The number of carbonyl (C=O) groups is 2. The van der Waals surface area contributed by atoms with Crippen LogP contribution in [0.3, 0.4) is 0 Å². The van der Waals surface area contributed by atoms with E-state index in [9.17, 15) is 9.59 Å². The maximum absolute atomic E-state index is 12.3. The lowest BCUT2D eigenvalue weighted by Gasteiger charge is -2.35. The van der Waals surface area contributed by atoms with Crippen molar-refractivity contribution in [2.45, 2.75) is 38.1 Å². The van der Waals surface area contributed by atoms with Crippen LogP contribution in [0.25, 0.3) is 0 Å². The quantitative estimate of drug-likeness (QED) is 0.782. The molecule has 5 nitrogen and oxygen atoms in total.